The van der Waals surface area contributed by atoms with Gasteiger partial charge in [-0.2, -0.15) is 10.2 Å². The molecule has 1 amide bonds. The SMILES string of the molecule is Cc1c(C2SCC(=O)Nc3[nH]ncc32)cnn1C. The minimum absolute atomic E-state index is 0.00505. The molecule has 2 N–H and O–H groups in total. The highest BCUT2D eigenvalue weighted by Gasteiger charge is 2.27. The number of aromatic nitrogens is 4. The van der Waals surface area contributed by atoms with E-state index < -0.39 is 0 Å². The van der Waals surface area contributed by atoms with Crippen molar-refractivity contribution in [1.82, 2.24) is 20.0 Å². The highest BCUT2D eigenvalue weighted by molar-refractivity contribution is 8.00. The molecule has 7 heteroatoms. The van der Waals surface area contributed by atoms with Gasteiger partial charge in [-0.25, -0.2) is 0 Å². The summed E-state index contributed by atoms with van der Waals surface area (Å²) in [6.07, 6.45) is 3.63. The van der Waals surface area contributed by atoms with E-state index in [-0.39, 0.29) is 11.2 Å². The molecule has 1 aliphatic rings. The average Bonchev–Trinajstić information content (AvgIpc) is 2.88. The summed E-state index contributed by atoms with van der Waals surface area (Å²) in [5.41, 5.74) is 3.23. The average molecular weight is 263 g/mol. The Labute approximate surface area is 108 Å². The molecule has 1 atom stereocenters. The summed E-state index contributed by atoms with van der Waals surface area (Å²) in [5.74, 6) is 1.12. The number of nitrogens with zero attached hydrogens (tertiary/aromatic N) is 3. The summed E-state index contributed by atoms with van der Waals surface area (Å²) < 4.78 is 1.84. The monoisotopic (exact) mass is 263 g/mol. The fraction of sp³-hybridized carbons (Fsp3) is 0.364. The van der Waals surface area contributed by atoms with Gasteiger partial charge in [0.15, 0.2) is 0 Å². The highest BCUT2D eigenvalue weighted by atomic mass is 32.2. The second-order valence-corrected chi connectivity index (χ2v) is 5.34. The van der Waals surface area contributed by atoms with E-state index in [1.807, 2.05) is 24.9 Å². The first-order valence-corrected chi connectivity index (χ1v) is 6.65. The normalized spacial score (nSPS) is 19.2. The molecule has 0 fully saturated rings. The van der Waals surface area contributed by atoms with E-state index in [0.717, 1.165) is 16.8 Å². The molecule has 3 rings (SSSR count). The number of hydrogen-bond acceptors (Lipinski definition) is 4. The second-order valence-electron chi connectivity index (χ2n) is 4.25. The summed E-state index contributed by atoms with van der Waals surface area (Å²) in [4.78, 5) is 11.6. The number of H-pyrrole nitrogens is 1. The molecule has 1 aliphatic heterocycles. The molecule has 0 aromatic carbocycles. The number of thioether (sulfide) groups is 1. The Morgan fingerprint density at radius 1 is 1.44 bits per heavy atom. The minimum Gasteiger partial charge on any atom is -0.310 e. The number of nitrogens with one attached hydrogen (secondary N) is 2. The molecule has 2 aromatic rings. The van der Waals surface area contributed by atoms with Crippen LogP contribution in [-0.4, -0.2) is 31.6 Å². The van der Waals surface area contributed by atoms with E-state index in [4.69, 9.17) is 0 Å². The molecule has 2 aromatic heterocycles. The molecular formula is C11H13N5OS. The highest BCUT2D eigenvalue weighted by Crippen LogP contribution is 2.41. The lowest BCUT2D eigenvalue weighted by Gasteiger charge is -2.12. The van der Waals surface area contributed by atoms with Gasteiger partial charge in [0.25, 0.3) is 0 Å². The molecule has 0 aliphatic carbocycles. The first-order chi connectivity index (χ1) is 8.66. The Morgan fingerprint density at radius 3 is 3.00 bits per heavy atom. The third-order valence-corrected chi connectivity index (χ3v) is 4.42. The van der Waals surface area contributed by atoms with Gasteiger partial charge < -0.3 is 5.32 Å². The number of hydrogen-bond donors (Lipinski definition) is 2. The van der Waals surface area contributed by atoms with Crippen molar-refractivity contribution in [3.8, 4) is 0 Å². The van der Waals surface area contributed by atoms with Crippen molar-refractivity contribution in [2.75, 3.05) is 11.1 Å². The number of carbonyl (C=O) groups is 1. The predicted octanol–water partition coefficient (Wildman–Crippen LogP) is 1.23. The Balaban J connectivity index is 2.08. The summed E-state index contributed by atoms with van der Waals surface area (Å²) >= 11 is 1.59. The number of fused-ring (bicyclic) bond motifs is 1. The first-order valence-electron chi connectivity index (χ1n) is 5.60. The zero-order valence-corrected chi connectivity index (χ0v) is 10.9. The second kappa shape index (κ2) is 4.16. The van der Waals surface area contributed by atoms with Crippen LogP contribution in [0.4, 0.5) is 5.82 Å². The molecule has 0 radical (unpaired) electrons. The van der Waals surface area contributed by atoms with Crippen LogP contribution in [0.15, 0.2) is 12.4 Å². The van der Waals surface area contributed by atoms with Gasteiger partial charge >= 0.3 is 0 Å². The maximum absolute atomic E-state index is 11.6. The Bertz CT molecular complexity index is 602. The molecule has 1 unspecified atom stereocenters. The van der Waals surface area contributed by atoms with E-state index >= 15 is 0 Å². The summed E-state index contributed by atoms with van der Waals surface area (Å²) in [5, 5.41) is 14.0. The van der Waals surface area contributed by atoms with Gasteiger partial charge in [0.05, 0.1) is 23.4 Å². The zero-order valence-electron chi connectivity index (χ0n) is 10.1. The lowest BCUT2D eigenvalue weighted by Crippen LogP contribution is -2.12. The van der Waals surface area contributed by atoms with Gasteiger partial charge in [-0.1, -0.05) is 0 Å². The van der Waals surface area contributed by atoms with E-state index in [1.54, 1.807) is 18.0 Å². The number of amides is 1. The van der Waals surface area contributed by atoms with E-state index in [1.165, 1.54) is 0 Å². The van der Waals surface area contributed by atoms with Crippen molar-refractivity contribution in [3.63, 3.8) is 0 Å². The molecule has 94 valence electrons. The van der Waals surface area contributed by atoms with Crippen LogP contribution in [0.5, 0.6) is 0 Å². The van der Waals surface area contributed by atoms with Gasteiger partial charge in [0.1, 0.15) is 5.82 Å². The molecule has 6 nitrogen and oxygen atoms in total. The smallest absolute Gasteiger partial charge is 0.235 e. The van der Waals surface area contributed by atoms with Crippen LogP contribution >= 0.6 is 11.8 Å². The number of rotatable bonds is 1. The maximum atomic E-state index is 11.6. The molecule has 0 bridgehead atoms. The summed E-state index contributed by atoms with van der Waals surface area (Å²) in [6, 6.07) is 0. The number of aryl methyl sites for hydroxylation is 1. The van der Waals surface area contributed by atoms with Crippen LogP contribution in [0, 0.1) is 6.92 Å². The van der Waals surface area contributed by atoms with Crippen molar-refractivity contribution >= 4 is 23.5 Å². The van der Waals surface area contributed by atoms with E-state index in [9.17, 15) is 4.79 Å². The molecule has 0 saturated heterocycles. The lowest BCUT2D eigenvalue weighted by molar-refractivity contribution is -0.113. The van der Waals surface area contributed by atoms with Crippen LogP contribution in [0.3, 0.4) is 0 Å². The Hall–Kier alpha value is -1.76. The lowest BCUT2D eigenvalue weighted by atomic mass is 10.1. The van der Waals surface area contributed by atoms with Crippen LogP contribution in [-0.2, 0) is 11.8 Å². The third kappa shape index (κ3) is 1.71. The fourth-order valence-electron chi connectivity index (χ4n) is 2.05. The zero-order chi connectivity index (χ0) is 12.7. The van der Waals surface area contributed by atoms with Gasteiger partial charge in [-0.3, -0.25) is 14.6 Å². The molecular weight excluding hydrogens is 250 g/mol. The standard InChI is InChI=1S/C11H13N5OS/c1-6-7(4-13-16(6)2)10-8-3-12-15-11(8)14-9(17)5-18-10/h3-4,10H,5H2,1-2H3,(H2,12,14,15,17). The largest absolute Gasteiger partial charge is 0.310 e. The van der Waals surface area contributed by atoms with Crippen molar-refractivity contribution in [1.29, 1.82) is 0 Å². The van der Waals surface area contributed by atoms with Crippen molar-refractivity contribution in [2.45, 2.75) is 12.2 Å². The topological polar surface area (TPSA) is 75.6 Å². The minimum atomic E-state index is -0.00505. The van der Waals surface area contributed by atoms with E-state index in [2.05, 4.69) is 20.6 Å². The Kier molecular flexibility index (Phi) is 2.62. The summed E-state index contributed by atoms with van der Waals surface area (Å²) in [7, 11) is 1.92. The first kappa shape index (κ1) is 11.3. The third-order valence-electron chi connectivity index (χ3n) is 3.15. The van der Waals surface area contributed by atoms with Crippen LogP contribution in [0.2, 0.25) is 0 Å². The predicted molar refractivity (Wildman–Crippen MR) is 69.5 cm³/mol. The van der Waals surface area contributed by atoms with Gasteiger partial charge in [0.2, 0.25) is 5.91 Å². The van der Waals surface area contributed by atoms with Crippen LogP contribution in [0.1, 0.15) is 22.1 Å². The molecule has 18 heavy (non-hydrogen) atoms. The fourth-order valence-corrected chi connectivity index (χ4v) is 3.21. The quantitative estimate of drug-likeness (QED) is 0.811. The van der Waals surface area contributed by atoms with Crippen molar-refractivity contribution < 1.29 is 4.79 Å². The number of aromatic amines is 1. The van der Waals surface area contributed by atoms with Crippen LogP contribution in [0.25, 0.3) is 0 Å². The number of carbonyl (C=O) groups excluding carboxylic acids is 1. The van der Waals surface area contributed by atoms with Gasteiger partial charge in [-0.15, -0.1) is 11.8 Å². The van der Waals surface area contributed by atoms with Crippen LogP contribution < -0.4 is 5.32 Å². The summed E-state index contributed by atoms with van der Waals surface area (Å²) in [6.45, 7) is 2.03. The van der Waals surface area contributed by atoms with Crippen molar-refractivity contribution in [3.05, 3.63) is 29.2 Å². The van der Waals surface area contributed by atoms with Gasteiger partial charge in [-0.05, 0) is 6.92 Å². The van der Waals surface area contributed by atoms with E-state index in [0.29, 0.717) is 11.6 Å². The molecule has 3 heterocycles. The van der Waals surface area contributed by atoms with Crippen molar-refractivity contribution in [2.24, 2.45) is 7.05 Å². The molecule has 0 spiro atoms. The maximum Gasteiger partial charge on any atom is 0.235 e. The number of anilines is 1. The Morgan fingerprint density at radius 2 is 2.28 bits per heavy atom. The molecule has 0 saturated carbocycles. The van der Waals surface area contributed by atoms with Gasteiger partial charge in [0, 0.05) is 23.9 Å².